The number of hydrogen-bond donors (Lipinski definition) is 0. The van der Waals surface area contributed by atoms with Crippen LogP contribution in [0.15, 0.2) is 4.99 Å². The topological polar surface area (TPSA) is 12.4 Å². The van der Waals surface area contributed by atoms with Gasteiger partial charge in [-0.1, -0.05) is 34.6 Å². The Bertz CT molecular complexity index is 77.5. The van der Waals surface area contributed by atoms with Crippen LogP contribution in [0.4, 0.5) is 0 Å². The summed E-state index contributed by atoms with van der Waals surface area (Å²) in [6, 6.07) is 0. The zero-order chi connectivity index (χ0) is 10.6. The molecular weight excluding hydrogens is 146 g/mol. The Morgan fingerprint density at radius 1 is 1.00 bits per heavy atom. The van der Waals surface area contributed by atoms with Gasteiger partial charge in [-0.05, 0) is 33.4 Å². The number of hydrogen-bond acceptors (Lipinski definition) is 1. The normalized spacial score (nSPS) is 9.67. The van der Waals surface area contributed by atoms with Gasteiger partial charge in [0.15, 0.2) is 0 Å². The summed E-state index contributed by atoms with van der Waals surface area (Å²) in [6.45, 7) is 16.4. The van der Waals surface area contributed by atoms with Gasteiger partial charge in [0, 0.05) is 0 Å². The van der Waals surface area contributed by atoms with E-state index in [1.807, 2.05) is 33.9 Å². The quantitative estimate of drug-likeness (QED) is 0.524. The molecule has 0 spiro atoms. The molecule has 0 saturated carbocycles. The van der Waals surface area contributed by atoms with Gasteiger partial charge in [0.2, 0.25) is 0 Å². The third-order valence-electron chi connectivity index (χ3n) is 0.661. The number of nitrogens with zero attached hydrogens (tertiary/aromatic N) is 1. The SMILES string of the molecule is CC.CC.CCC=NC(C)(C)C. The largest absolute Gasteiger partial charge is 0.292 e. The Hall–Kier alpha value is -0.330. The van der Waals surface area contributed by atoms with Gasteiger partial charge in [-0.3, -0.25) is 4.99 Å². The van der Waals surface area contributed by atoms with E-state index in [9.17, 15) is 0 Å². The van der Waals surface area contributed by atoms with Crippen molar-refractivity contribution in [3.8, 4) is 0 Å². The maximum absolute atomic E-state index is 4.25. The van der Waals surface area contributed by atoms with Gasteiger partial charge in [-0.2, -0.15) is 0 Å². The minimum atomic E-state index is 0.121. The lowest BCUT2D eigenvalue weighted by molar-refractivity contribution is 0.585. The fraction of sp³-hybridized carbons (Fsp3) is 0.909. The van der Waals surface area contributed by atoms with Crippen molar-refractivity contribution in [2.75, 3.05) is 0 Å². The summed E-state index contributed by atoms with van der Waals surface area (Å²) in [5, 5.41) is 0. The lowest BCUT2D eigenvalue weighted by Gasteiger charge is -2.09. The highest BCUT2D eigenvalue weighted by molar-refractivity contribution is 5.57. The van der Waals surface area contributed by atoms with E-state index in [0.29, 0.717) is 0 Å². The molecule has 0 atom stereocenters. The van der Waals surface area contributed by atoms with Crippen LogP contribution in [0.2, 0.25) is 0 Å². The third kappa shape index (κ3) is 33.3. The molecule has 1 heteroatoms. The van der Waals surface area contributed by atoms with Gasteiger partial charge < -0.3 is 0 Å². The fourth-order valence-electron chi connectivity index (χ4n) is 0.365. The molecule has 0 aliphatic rings. The third-order valence-corrected chi connectivity index (χ3v) is 0.661. The van der Waals surface area contributed by atoms with Crippen molar-refractivity contribution >= 4 is 6.21 Å². The second-order valence-electron chi connectivity index (χ2n) is 2.89. The van der Waals surface area contributed by atoms with Crippen LogP contribution in [-0.4, -0.2) is 11.8 Å². The molecule has 0 radical (unpaired) electrons. The van der Waals surface area contributed by atoms with Crippen LogP contribution in [-0.2, 0) is 0 Å². The summed E-state index contributed by atoms with van der Waals surface area (Å²) in [7, 11) is 0. The zero-order valence-electron chi connectivity index (χ0n) is 10.2. The van der Waals surface area contributed by atoms with Crippen molar-refractivity contribution in [1.29, 1.82) is 0 Å². The molecular formula is C11H27N. The summed E-state index contributed by atoms with van der Waals surface area (Å²) in [6.07, 6.45) is 3.00. The molecule has 0 unspecified atom stereocenters. The predicted molar refractivity (Wildman–Crippen MR) is 61.2 cm³/mol. The fourth-order valence-corrected chi connectivity index (χ4v) is 0.365. The molecule has 0 aliphatic heterocycles. The van der Waals surface area contributed by atoms with E-state index >= 15 is 0 Å². The van der Waals surface area contributed by atoms with Crippen LogP contribution in [0.25, 0.3) is 0 Å². The maximum Gasteiger partial charge on any atom is 0.0520 e. The molecule has 0 rings (SSSR count). The van der Waals surface area contributed by atoms with Crippen molar-refractivity contribution in [3.05, 3.63) is 0 Å². The summed E-state index contributed by atoms with van der Waals surface area (Å²) >= 11 is 0. The highest BCUT2D eigenvalue weighted by Crippen LogP contribution is 2.04. The smallest absolute Gasteiger partial charge is 0.0520 e. The molecule has 0 aromatic rings. The molecule has 0 aromatic heterocycles. The Morgan fingerprint density at radius 2 is 1.33 bits per heavy atom. The highest BCUT2D eigenvalue weighted by atomic mass is 14.8. The second kappa shape index (κ2) is 13.3. The van der Waals surface area contributed by atoms with E-state index in [2.05, 4.69) is 32.7 Å². The molecule has 0 N–H and O–H groups in total. The molecule has 0 heterocycles. The van der Waals surface area contributed by atoms with Crippen molar-refractivity contribution in [3.63, 3.8) is 0 Å². The lowest BCUT2D eigenvalue weighted by atomic mass is 10.1. The Labute approximate surface area is 79.3 Å². The second-order valence-corrected chi connectivity index (χ2v) is 2.89. The Balaban J connectivity index is -0.000000175. The van der Waals surface area contributed by atoms with Crippen LogP contribution < -0.4 is 0 Å². The number of rotatable bonds is 1. The van der Waals surface area contributed by atoms with Gasteiger partial charge in [-0.15, -0.1) is 0 Å². The molecule has 0 fully saturated rings. The summed E-state index contributed by atoms with van der Waals surface area (Å²) in [5.41, 5.74) is 0.121. The Morgan fingerprint density at radius 3 is 1.42 bits per heavy atom. The summed E-state index contributed by atoms with van der Waals surface area (Å²) in [4.78, 5) is 4.25. The van der Waals surface area contributed by atoms with Gasteiger partial charge in [-0.25, -0.2) is 0 Å². The summed E-state index contributed by atoms with van der Waals surface area (Å²) in [5.74, 6) is 0. The first-order valence-electron chi connectivity index (χ1n) is 5.10. The van der Waals surface area contributed by atoms with Crippen LogP contribution in [0.1, 0.15) is 61.8 Å². The van der Waals surface area contributed by atoms with Crippen molar-refractivity contribution in [2.24, 2.45) is 4.99 Å². The lowest BCUT2D eigenvalue weighted by Crippen LogP contribution is -2.08. The molecule has 76 valence electrons. The predicted octanol–water partition coefficient (Wildman–Crippen LogP) is 4.32. The van der Waals surface area contributed by atoms with E-state index in [4.69, 9.17) is 0 Å². The van der Waals surface area contributed by atoms with E-state index < -0.39 is 0 Å². The van der Waals surface area contributed by atoms with E-state index in [1.165, 1.54) is 0 Å². The molecule has 1 nitrogen and oxygen atoms in total. The van der Waals surface area contributed by atoms with E-state index in [0.717, 1.165) is 6.42 Å². The standard InChI is InChI=1S/C7H15N.2C2H6/c1-5-6-8-7(2,3)4;2*1-2/h6H,5H2,1-4H3;2*1-2H3. The Kier molecular flexibility index (Phi) is 19.6. The van der Waals surface area contributed by atoms with Crippen LogP contribution >= 0.6 is 0 Å². The van der Waals surface area contributed by atoms with Gasteiger partial charge >= 0.3 is 0 Å². The minimum Gasteiger partial charge on any atom is -0.292 e. The van der Waals surface area contributed by atoms with Crippen molar-refractivity contribution in [2.45, 2.75) is 67.3 Å². The van der Waals surface area contributed by atoms with Gasteiger partial charge in [0.1, 0.15) is 0 Å². The average Bonchev–Trinajstić information content (AvgIpc) is 2.07. The monoisotopic (exact) mass is 173 g/mol. The zero-order valence-corrected chi connectivity index (χ0v) is 10.2. The highest BCUT2D eigenvalue weighted by Gasteiger charge is 2.02. The van der Waals surface area contributed by atoms with Gasteiger partial charge in [0.05, 0.1) is 5.54 Å². The first-order chi connectivity index (χ1) is 5.56. The maximum atomic E-state index is 4.25. The van der Waals surface area contributed by atoms with Crippen LogP contribution in [0.3, 0.4) is 0 Å². The first kappa shape index (κ1) is 17.7. The summed E-state index contributed by atoms with van der Waals surface area (Å²) < 4.78 is 0. The van der Waals surface area contributed by atoms with Crippen molar-refractivity contribution < 1.29 is 0 Å². The first-order valence-corrected chi connectivity index (χ1v) is 5.10. The van der Waals surface area contributed by atoms with Crippen LogP contribution in [0, 0.1) is 0 Å². The van der Waals surface area contributed by atoms with Crippen molar-refractivity contribution in [1.82, 2.24) is 0 Å². The van der Waals surface area contributed by atoms with Crippen LogP contribution in [0.5, 0.6) is 0 Å². The molecule has 0 bridgehead atoms. The molecule has 12 heavy (non-hydrogen) atoms. The number of aliphatic imine (C=N–C) groups is 1. The van der Waals surface area contributed by atoms with E-state index in [1.54, 1.807) is 0 Å². The van der Waals surface area contributed by atoms with E-state index in [-0.39, 0.29) is 5.54 Å². The molecule has 0 aliphatic carbocycles. The van der Waals surface area contributed by atoms with Gasteiger partial charge in [0.25, 0.3) is 0 Å². The molecule has 0 amide bonds. The molecule has 0 saturated heterocycles. The average molecular weight is 173 g/mol. The molecule has 0 aromatic carbocycles. The minimum absolute atomic E-state index is 0.121.